The quantitative estimate of drug-likeness (QED) is 0.442. The maximum absolute atomic E-state index is 13.1. The average molecular weight is 446 g/mol. The van der Waals surface area contributed by atoms with Crippen molar-refractivity contribution < 1.29 is 0 Å². The lowest BCUT2D eigenvalue weighted by atomic mass is 9.71. The van der Waals surface area contributed by atoms with Crippen molar-refractivity contribution in [2.75, 3.05) is 0 Å². The standard InChI is InChI=1S/C29H23N3O2/c1-30-27(33)31-22-17-18-23(32(31)28(30)34)26(22)29(21-15-9-4-10-16-21)24(19-11-5-2-6-12-19)25(29)20-13-7-3-8-14-20/h2-18,22-23,26H,1H3. The van der Waals surface area contributed by atoms with Gasteiger partial charge in [-0.15, -0.1) is 0 Å². The van der Waals surface area contributed by atoms with Gasteiger partial charge in [-0.1, -0.05) is 103 Å². The maximum Gasteiger partial charge on any atom is 0.347 e. The molecule has 2 atom stereocenters. The molecule has 1 aliphatic heterocycles. The third kappa shape index (κ3) is 2.24. The number of hydrogen-bond acceptors (Lipinski definition) is 2. The SMILES string of the molecule is Cn1c(=O)n2n(c1=O)C1C=CC2C1C1(c2ccccc2)C(c2ccccc2)=C1c1ccccc1. The number of rotatable bonds is 4. The minimum absolute atomic E-state index is 0.00177. The second kappa shape index (κ2) is 6.70. The molecule has 0 radical (unpaired) electrons. The summed E-state index contributed by atoms with van der Waals surface area (Å²) in [6.45, 7) is 0. The average Bonchev–Trinajstić information content (AvgIpc) is 3.10. The number of benzene rings is 3. The molecule has 4 aromatic rings. The first kappa shape index (κ1) is 19.4. The summed E-state index contributed by atoms with van der Waals surface area (Å²) in [5.41, 5.74) is 5.22. The highest BCUT2D eigenvalue weighted by molar-refractivity contribution is 6.19. The van der Waals surface area contributed by atoms with Crippen LogP contribution in [0.3, 0.4) is 0 Å². The monoisotopic (exact) mass is 445 g/mol. The molecule has 2 unspecified atom stereocenters. The predicted molar refractivity (Wildman–Crippen MR) is 132 cm³/mol. The van der Waals surface area contributed by atoms with Gasteiger partial charge in [0.25, 0.3) is 0 Å². The molecular weight excluding hydrogens is 422 g/mol. The van der Waals surface area contributed by atoms with Crippen LogP contribution in [0.25, 0.3) is 11.1 Å². The zero-order valence-corrected chi connectivity index (χ0v) is 18.7. The third-order valence-corrected chi connectivity index (χ3v) is 7.83. The Balaban J connectivity index is 1.51. The molecule has 2 aliphatic carbocycles. The van der Waals surface area contributed by atoms with E-state index in [0.717, 1.165) is 0 Å². The molecule has 0 spiro atoms. The van der Waals surface area contributed by atoms with E-state index in [2.05, 4.69) is 84.9 Å². The molecule has 7 rings (SSSR count). The van der Waals surface area contributed by atoms with Crippen molar-refractivity contribution in [2.45, 2.75) is 17.5 Å². The van der Waals surface area contributed by atoms with E-state index in [1.165, 1.54) is 32.4 Å². The number of hydrogen-bond donors (Lipinski definition) is 0. The lowest BCUT2D eigenvalue weighted by molar-refractivity contribution is 0.370. The molecule has 0 fully saturated rings. The van der Waals surface area contributed by atoms with Gasteiger partial charge in [0.1, 0.15) is 0 Å². The molecule has 0 N–H and O–H groups in total. The van der Waals surface area contributed by atoms with Gasteiger partial charge in [-0.2, -0.15) is 0 Å². The summed E-state index contributed by atoms with van der Waals surface area (Å²) in [6.07, 6.45) is 4.23. The van der Waals surface area contributed by atoms with E-state index in [-0.39, 0.29) is 29.4 Å². The summed E-state index contributed by atoms with van der Waals surface area (Å²) in [5.74, 6) is 0.00177. The zero-order valence-electron chi connectivity index (χ0n) is 18.7. The molecule has 0 saturated carbocycles. The van der Waals surface area contributed by atoms with Crippen molar-refractivity contribution in [2.24, 2.45) is 13.0 Å². The Morgan fingerprint density at radius 1 is 0.618 bits per heavy atom. The topological polar surface area (TPSA) is 48.9 Å². The molecule has 5 nitrogen and oxygen atoms in total. The summed E-state index contributed by atoms with van der Waals surface area (Å²) in [7, 11) is 1.56. The second-order valence-electron chi connectivity index (χ2n) is 9.36. The van der Waals surface area contributed by atoms with E-state index in [1.807, 2.05) is 18.2 Å². The number of aromatic nitrogens is 3. The molecule has 0 amide bonds. The second-order valence-corrected chi connectivity index (χ2v) is 9.36. The van der Waals surface area contributed by atoms with Gasteiger partial charge in [-0.3, -0.25) is 0 Å². The Hall–Kier alpha value is -4.12. The van der Waals surface area contributed by atoms with Gasteiger partial charge in [0, 0.05) is 13.0 Å². The molecule has 3 aromatic carbocycles. The van der Waals surface area contributed by atoms with Crippen molar-refractivity contribution in [1.29, 1.82) is 0 Å². The smallest absolute Gasteiger partial charge is 0.246 e. The molecular formula is C29H23N3O2. The van der Waals surface area contributed by atoms with Crippen molar-refractivity contribution >= 4 is 11.1 Å². The fourth-order valence-electron chi connectivity index (χ4n) is 6.53. The summed E-state index contributed by atoms with van der Waals surface area (Å²) in [4.78, 5) is 26.1. The van der Waals surface area contributed by atoms with Crippen LogP contribution in [0.1, 0.15) is 28.8 Å². The Morgan fingerprint density at radius 3 is 1.47 bits per heavy atom. The van der Waals surface area contributed by atoms with Gasteiger partial charge in [-0.25, -0.2) is 23.5 Å². The molecule has 166 valence electrons. The van der Waals surface area contributed by atoms with Gasteiger partial charge >= 0.3 is 11.4 Å². The largest absolute Gasteiger partial charge is 0.347 e. The van der Waals surface area contributed by atoms with Gasteiger partial charge in [-0.05, 0) is 27.8 Å². The van der Waals surface area contributed by atoms with E-state index in [1.54, 1.807) is 16.4 Å². The van der Waals surface area contributed by atoms with Crippen LogP contribution in [0.2, 0.25) is 0 Å². The van der Waals surface area contributed by atoms with Crippen LogP contribution < -0.4 is 11.4 Å². The van der Waals surface area contributed by atoms with Crippen LogP contribution in [0.15, 0.2) is 113 Å². The summed E-state index contributed by atoms with van der Waals surface area (Å²) in [6, 6.07) is 31.2. The number of allylic oxidation sites excluding steroid dienone is 4. The minimum Gasteiger partial charge on any atom is -0.246 e. The highest BCUT2D eigenvalue weighted by Gasteiger charge is 2.67. The van der Waals surface area contributed by atoms with Crippen molar-refractivity contribution in [3.63, 3.8) is 0 Å². The molecule has 1 aromatic heterocycles. The minimum atomic E-state index is -0.410. The third-order valence-electron chi connectivity index (χ3n) is 7.83. The van der Waals surface area contributed by atoms with Gasteiger partial charge in [0.05, 0.1) is 17.5 Å². The van der Waals surface area contributed by atoms with Crippen molar-refractivity contribution in [1.82, 2.24) is 13.9 Å². The van der Waals surface area contributed by atoms with E-state index in [0.29, 0.717) is 0 Å². The summed E-state index contributed by atoms with van der Waals surface area (Å²) >= 11 is 0. The molecule has 2 heterocycles. The Bertz CT molecular complexity index is 1510. The van der Waals surface area contributed by atoms with E-state index in [9.17, 15) is 9.59 Å². The lowest BCUT2D eigenvalue weighted by Crippen LogP contribution is -2.35. The van der Waals surface area contributed by atoms with Crippen LogP contribution in [0.5, 0.6) is 0 Å². The molecule has 3 aliphatic rings. The fourth-order valence-corrected chi connectivity index (χ4v) is 6.53. The normalized spacial score (nSPS) is 23.4. The Morgan fingerprint density at radius 2 is 1.03 bits per heavy atom. The van der Waals surface area contributed by atoms with Crippen LogP contribution in [-0.2, 0) is 12.5 Å². The Labute approximate surface area is 196 Å². The molecule has 34 heavy (non-hydrogen) atoms. The van der Waals surface area contributed by atoms with E-state index >= 15 is 0 Å². The maximum atomic E-state index is 13.1. The summed E-state index contributed by atoms with van der Waals surface area (Å²) in [5, 5.41) is 0. The molecule has 5 heteroatoms. The number of nitrogens with zero attached hydrogens (tertiary/aromatic N) is 3. The molecule has 2 bridgehead atoms. The van der Waals surface area contributed by atoms with Gasteiger partial charge < -0.3 is 0 Å². The van der Waals surface area contributed by atoms with Crippen molar-refractivity contribution in [3.05, 3.63) is 141 Å². The van der Waals surface area contributed by atoms with Crippen LogP contribution in [0.4, 0.5) is 0 Å². The fraction of sp³-hybridized carbons (Fsp3) is 0.172. The van der Waals surface area contributed by atoms with Crippen LogP contribution in [-0.4, -0.2) is 13.9 Å². The van der Waals surface area contributed by atoms with Crippen molar-refractivity contribution in [3.8, 4) is 0 Å². The lowest BCUT2D eigenvalue weighted by Gasteiger charge is -2.31. The Kier molecular flexibility index (Phi) is 3.82. The van der Waals surface area contributed by atoms with Gasteiger partial charge in [0.15, 0.2) is 0 Å². The molecule has 0 saturated heterocycles. The van der Waals surface area contributed by atoms with Crippen LogP contribution in [0, 0.1) is 5.92 Å². The van der Waals surface area contributed by atoms with E-state index < -0.39 is 5.41 Å². The predicted octanol–water partition coefficient (Wildman–Crippen LogP) is 4.19. The van der Waals surface area contributed by atoms with Gasteiger partial charge in [0.2, 0.25) is 0 Å². The highest BCUT2D eigenvalue weighted by Crippen LogP contribution is 2.73. The highest BCUT2D eigenvalue weighted by atomic mass is 16.2. The summed E-state index contributed by atoms with van der Waals surface area (Å²) < 4.78 is 4.56. The first-order valence-corrected chi connectivity index (χ1v) is 11.7. The number of fused-ring (bicyclic) bond motifs is 5. The first-order valence-electron chi connectivity index (χ1n) is 11.7. The first-order chi connectivity index (χ1) is 16.7. The zero-order chi connectivity index (χ0) is 23.0. The van der Waals surface area contributed by atoms with Crippen LogP contribution >= 0.6 is 0 Å². The van der Waals surface area contributed by atoms with E-state index in [4.69, 9.17) is 0 Å².